The Kier molecular flexibility index (Phi) is 10.9. The molecule has 0 unspecified atom stereocenters. The molecule has 0 radical (unpaired) electrons. The van der Waals surface area contributed by atoms with E-state index in [4.69, 9.17) is 12.2 Å². The molecule has 0 atom stereocenters. The molecule has 0 aromatic heterocycles. The number of nitrogens with zero attached hydrogens (tertiary/aromatic N) is 2. The Bertz CT molecular complexity index is 633. The summed E-state index contributed by atoms with van der Waals surface area (Å²) in [4.78, 5) is 11.3. The lowest BCUT2D eigenvalue weighted by Crippen LogP contribution is -2.62. The lowest BCUT2D eigenvalue weighted by molar-refractivity contribution is -0.246. The maximum atomic E-state index is 11.3. The lowest BCUT2D eigenvalue weighted by Gasteiger charge is -2.51. The molecule has 0 aromatic rings. The van der Waals surface area contributed by atoms with Crippen LogP contribution >= 0.6 is 0 Å². The number of terminal acetylenes is 2. The molecule has 0 amide bonds. The van der Waals surface area contributed by atoms with Gasteiger partial charge in [0.25, 0.3) is 0 Å². The Morgan fingerprint density at radius 3 is 1.58 bits per heavy atom. The molecular weight excluding hydrogens is 392 g/mol. The Morgan fingerprint density at radius 2 is 1.26 bits per heavy atom. The zero-order valence-corrected chi connectivity index (χ0v) is 20.7. The number of hydrogen-bond donors (Lipinski definition) is 4. The van der Waals surface area contributed by atoms with Gasteiger partial charge in [-0.2, -0.15) is 10.1 Å². The predicted octanol–water partition coefficient (Wildman–Crippen LogP) is 2.80. The number of hydroxylamine groups is 4. The molecule has 178 valence electrons. The van der Waals surface area contributed by atoms with Gasteiger partial charge in [0.1, 0.15) is 5.78 Å². The molecule has 2 aliphatic heterocycles. The van der Waals surface area contributed by atoms with E-state index in [-0.39, 0.29) is 16.9 Å². The third-order valence-electron chi connectivity index (χ3n) is 5.66. The van der Waals surface area contributed by atoms with Crippen LogP contribution in [0.25, 0.3) is 0 Å². The topological polar surface area (TPSA) is 102 Å². The molecule has 7 nitrogen and oxygen atoms in total. The van der Waals surface area contributed by atoms with Crippen LogP contribution in [-0.4, -0.2) is 67.6 Å². The first-order chi connectivity index (χ1) is 14.0. The van der Waals surface area contributed by atoms with Gasteiger partial charge in [0.05, 0.1) is 13.1 Å². The highest BCUT2D eigenvalue weighted by atomic mass is 16.5. The van der Waals surface area contributed by atoms with Crippen LogP contribution in [0.3, 0.4) is 0 Å². The van der Waals surface area contributed by atoms with Gasteiger partial charge in [-0.3, -0.25) is 4.79 Å². The van der Waals surface area contributed by atoms with Crippen molar-refractivity contribution in [3.8, 4) is 24.7 Å². The highest BCUT2D eigenvalue weighted by molar-refractivity contribution is 5.81. The molecule has 0 bridgehead atoms. The first-order valence-electron chi connectivity index (χ1n) is 10.8. The fourth-order valence-corrected chi connectivity index (χ4v) is 4.61. The molecule has 31 heavy (non-hydrogen) atoms. The summed E-state index contributed by atoms with van der Waals surface area (Å²) in [5.74, 6) is 5.03. The number of rotatable bonds is 2. The van der Waals surface area contributed by atoms with Crippen LogP contribution in [-0.2, 0) is 4.79 Å². The van der Waals surface area contributed by atoms with Crippen molar-refractivity contribution in [1.29, 1.82) is 0 Å². The average Bonchev–Trinajstić information content (AvgIpc) is 2.62. The fraction of sp³-hybridized carbons (Fsp3) is 0.792. The third kappa shape index (κ3) is 8.90. The summed E-state index contributed by atoms with van der Waals surface area (Å²) in [6.07, 6.45) is 12.6. The number of nitrogens with one attached hydrogen (secondary N) is 1. The number of nitrogens with two attached hydrogens (primary N) is 1. The second kappa shape index (κ2) is 11.4. The standard InChI is InChI=1S/C12H22N2O.C9H17NO2.C3H5N/c1-6-7-13-10-8-11(2,3)14(15)12(4,5)9-10;1-8(2)5-7(11)6-9(3,4)10(8)12;1-2-3-4/h1,10,13,15H,7-9H2,2-5H3;12H,5-6H2,1-4H3;1H,3-4H2. The summed E-state index contributed by atoms with van der Waals surface area (Å²) < 4.78 is 0. The summed E-state index contributed by atoms with van der Waals surface area (Å²) in [6.45, 7) is 16.7. The van der Waals surface area contributed by atoms with E-state index in [9.17, 15) is 15.2 Å². The number of hydrogen-bond acceptors (Lipinski definition) is 7. The Hall–Kier alpha value is -1.45. The lowest BCUT2D eigenvalue weighted by atomic mass is 9.79. The van der Waals surface area contributed by atoms with Crippen molar-refractivity contribution in [2.75, 3.05) is 13.1 Å². The van der Waals surface area contributed by atoms with Crippen LogP contribution in [0.1, 0.15) is 81.1 Å². The van der Waals surface area contributed by atoms with Gasteiger partial charge >= 0.3 is 0 Å². The summed E-state index contributed by atoms with van der Waals surface area (Å²) >= 11 is 0. The molecule has 2 saturated heterocycles. The minimum atomic E-state index is -0.418. The molecule has 0 aromatic carbocycles. The van der Waals surface area contributed by atoms with E-state index in [1.165, 1.54) is 10.1 Å². The number of ketones is 1. The van der Waals surface area contributed by atoms with E-state index in [1.807, 2.05) is 27.7 Å². The van der Waals surface area contributed by atoms with E-state index in [2.05, 4.69) is 51.3 Å². The minimum absolute atomic E-state index is 0.200. The summed E-state index contributed by atoms with van der Waals surface area (Å²) in [5, 5.41) is 26.0. The van der Waals surface area contributed by atoms with Gasteiger partial charge in [-0.25, -0.2) is 0 Å². The first-order valence-corrected chi connectivity index (χ1v) is 10.8. The van der Waals surface area contributed by atoms with Gasteiger partial charge < -0.3 is 21.5 Å². The molecule has 2 fully saturated rings. The van der Waals surface area contributed by atoms with Gasteiger partial charge in [0.15, 0.2) is 0 Å². The van der Waals surface area contributed by atoms with Crippen molar-refractivity contribution in [1.82, 2.24) is 15.4 Å². The maximum Gasteiger partial charge on any atom is 0.136 e. The largest absolute Gasteiger partial charge is 0.320 e. The van der Waals surface area contributed by atoms with Gasteiger partial charge in [-0.1, -0.05) is 11.8 Å². The monoisotopic (exact) mass is 436 g/mol. The number of carbonyl (C=O) groups excluding carboxylic acids is 1. The van der Waals surface area contributed by atoms with Crippen LogP contribution < -0.4 is 11.1 Å². The highest BCUT2D eigenvalue weighted by Crippen LogP contribution is 2.36. The molecule has 0 saturated carbocycles. The summed E-state index contributed by atoms with van der Waals surface area (Å²) in [6, 6.07) is 0.384. The Morgan fingerprint density at radius 1 is 0.903 bits per heavy atom. The highest BCUT2D eigenvalue weighted by Gasteiger charge is 2.45. The quantitative estimate of drug-likeness (QED) is 0.494. The molecule has 0 spiro atoms. The van der Waals surface area contributed by atoms with Gasteiger partial charge in [0, 0.05) is 41.0 Å². The Balaban J connectivity index is 0.000000504. The van der Waals surface area contributed by atoms with Crippen molar-refractivity contribution in [3.05, 3.63) is 0 Å². The van der Waals surface area contributed by atoms with Gasteiger partial charge in [-0.15, -0.1) is 12.8 Å². The van der Waals surface area contributed by atoms with E-state index in [1.54, 1.807) is 0 Å². The van der Waals surface area contributed by atoms with Crippen molar-refractivity contribution >= 4 is 5.78 Å². The number of carbonyl (C=O) groups is 1. The van der Waals surface area contributed by atoms with Gasteiger partial charge in [-0.05, 0) is 68.2 Å². The summed E-state index contributed by atoms with van der Waals surface area (Å²) in [7, 11) is 0. The minimum Gasteiger partial charge on any atom is -0.320 e. The first kappa shape index (κ1) is 29.5. The summed E-state index contributed by atoms with van der Waals surface area (Å²) in [5.41, 5.74) is 3.56. The molecule has 0 aliphatic carbocycles. The van der Waals surface area contributed by atoms with Gasteiger partial charge in [0.2, 0.25) is 0 Å². The maximum absolute atomic E-state index is 11.3. The van der Waals surface area contributed by atoms with Crippen LogP contribution in [0.15, 0.2) is 0 Å². The number of piperidine rings is 2. The zero-order chi connectivity index (χ0) is 24.7. The average molecular weight is 437 g/mol. The van der Waals surface area contributed by atoms with E-state index in [0.717, 1.165) is 12.8 Å². The van der Waals surface area contributed by atoms with E-state index < -0.39 is 11.1 Å². The van der Waals surface area contributed by atoms with E-state index in [0.29, 0.717) is 32.0 Å². The zero-order valence-electron chi connectivity index (χ0n) is 20.7. The molecule has 2 rings (SSSR count). The van der Waals surface area contributed by atoms with Crippen LogP contribution in [0.2, 0.25) is 0 Å². The van der Waals surface area contributed by atoms with Crippen LogP contribution in [0, 0.1) is 24.7 Å². The smallest absolute Gasteiger partial charge is 0.136 e. The third-order valence-corrected chi connectivity index (χ3v) is 5.66. The molecular formula is C24H44N4O3. The van der Waals surface area contributed by atoms with Crippen molar-refractivity contribution in [2.24, 2.45) is 5.73 Å². The van der Waals surface area contributed by atoms with Crippen molar-refractivity contribution < 1.29 is 15.2 Å². The van der Waals surface area contributed by atoms with Crippen LogP contribution in [0.4, 0.5) is 0 Å². The molecule has 7 heteroatoms. The van der Waals surface area contributed by atoms with Crippen molar-refractivity contribution in [2.45, 2.75) is 109 Å². The second-order valence-electron chi connectivity index (χ2n) is 10.9. The van der Waals surface area contributed by atoms with E-state index >= 15 is 0 Å². The predicted molar refractivity (Wildman–Crippen MR) is 126 cm³/mol. The second-order valence-corrected chi connectivity index (χ2v) is 10.9. The molecule has 2 aliphatic rings. The van der Waals surface area contributed by atoms with Crippen LogP contribution in [0.5, 0.6) is 0 Å². The Labute approximate surface area is 189 Å². The molecule has 5 N–H and O–H groups in total. The number of Topliss-reactive ketones (excluding diaryl/α,β-unsaturated/α-hetero) is 1. The SMILES string of the molecule is C#CCN.C#CCNC1CC(C)(C)N(O)C(C)(C)C1.CC1(C)CC(=O)CC(C)(C)N1O. The fourth-order valence-electron chi connectivity index (χ4n) is 4.61. The van der Waals surface area contributed by atoms with Crippen molar-refractivity contribution in [3.63, 3.8) is 0 Å². The normalized spacial score (nSPS) is 24.5. The molecule has 2 heterocycles.